The van der Waals surface area contributed by atoms with E-state index in [2.05, 4.69) is 29.7 Å². The van der Waals surface area contributed by atoms with Gasteiger partial charge in [-0.3, -0.25) is 0 Å². The molecule has 1 aromatic heterocycles. The Morgan fingerprint density at radius 2 is 2.05 bits per heavy atom. The molecule has 0 amide bonds. The molecule has 1 atom stereocenters. The average molecular weight is 282 g/mol. The first-order valence-corrected chi connectivity index (χ1v) is 8.21. The number of aryl methyl sites for hydroxylation is 1. The van der Waals surface area contributed by atoms with Crippen molar-refractivity contribution in [2.75, 3.05) is 14.2 Å². The molecule has 19 heavy (non-hydrogen) atoms. The third-order valence-corrected chi connectivity index (χ3v) is 5.24. The normalized spacial score (nSPS) is 21.0. The Balaban J connectivity index is 2.12. The molecule has 0 bridgehead atoms. The van der Waals surface area contributed by atoms with Crippen LogP contribution in [0.3, 0.4) is 0 Å². The van der Waals surface area contributed by atoms with Crippen LogP contribution < -0.4 is 5.32 Å². The molecule has 1 unspecified atom stereocenters. The van der Waals surface area contributed by atoms with Crippen LogP contribution in [-0.4, -0.2) is 30.8 Å². The number of rotatable bonds is 5. The number of hydrogen-bond donors (Lipinski definition) is 1. The van der Waals surface area contributed by atoms with Gasteiger partial charge in [0.25, 0.3) is 0 Å². The van der Waals surface area contributed by atoms with Gasteiger partial charge in [0.1, 0.15) is 0 Å². The van der Waals surface area contributed by atoms with Crippen molar-refractivity contribution in [3.63, 3.8) is 0 Å². The van der Waals surface area contributed by atoms with Gasteiger partial charge in [-0.05, 0) is 26.8 Å². The Morgan fingerprint density at radius 1 is 1.37 bits per heavy atom. The summed E-state index contributed by atoms with van der Waals surface area (Å²) in [6, 6.07) is 0.358. The largest absolute Gasteiger partial charge is 0.377 e. The molecule has 1 aliphatic rings. The molecule has 1 N–H and O–H groups in total. The smallest absolute Gasteiger partial charge is 0.0897 e. The number of ether oxygens (including phenoxy) is 1. The molecule has 1 heterocycles. The highest BCUT2D eigenvalue weighted by Crippen LogP contribution is 2.34. The summed E-state index contributed by atoms with van der Waals surface area (Å²) in [4.78, 5) is 4.61. The van der Waals surface area contributed by atoms with Crippen LogP contribution in [0.15, 0.2) is 5.38 Å². The first-order chi connectivity index (χ1) is 9.20. The van der Waals surface area contributed by atoms with Crippen molar-refractivity contribution in [1.82, 2.24) is 10.3 Å². The van der Waals surface area contributed by atoms with Crippen LogP contribution in [-0.2, 0) is 11.2 Å². The van der Waals surface area contributed by atoms with Crippen molar-refractivity contribution < 1.29 is 4.74 Å². The summed E-state index contributed by atoms with van der Waals surface area (Å²) >= 11 is 1.73. The summed E-state index contributed by atoms with van der Waals surface area (Å²) in [5, 5.41) is 6.82. The molecule has 1 aliphatic carbocycles. The maximum absolute atomic E-state index is 6.00. The fourth-order valence-corrected chi connectivity index (χ4v) is 3.91. The van der Waals surface area contributed by atoms with Crippen molar-refractivity contribution in [3.05, 3.63) is 16.1 Å². The van der Waals surface area contributed by atoms with Gasteiger partial charge in [-0.2, -0.15) is 0 Å². The van der Waals surface area contributed by atoms with Crippen molar-refractivity contribution >= 4 is 11.3 Å². The second-order valence-electron chi connectivity index (χ2n) is 5.59. The van der Waals surface area contributed by atoms with E-state index >= 15 is 0 Å². The monoisotopic (exact) mass is 282 g/mol. The molecule has 0 saturated heterocycles. The Labute approximate surface area is 120 Å². The summed E-state index contributed by atoms with van der Waals surface area (Å²) in [5.74, 6) is 0. The molecule has 3 nitrogen and oxygen atoms in total. The van der Waals surface area contributed by atoms with Crippen LogP contribution in [0.25, 0.3) is 0 Å². The van der Waals surface area contributed by atoms with Crippen molar-refractivity contribution in [2.24, 2.45) is 0 Å². The van der Waals surface area contributed by atoms with Crippen LogP contribution in [0.1, 0.15) is 49.2 Å². The molecule has 4 heteroatoms. The number of methoxy groups -OCH3 is 1. The van der Waals surface area contributed by atoms with Crippen LogP contribution in [0, 0.1) is 6.92 Å². The topological polar surface area (TPSA) is 34.2 Å². The predicted molar refractivity (Wildman–Crippen MR) is 80.8 cm³/mol. The number of aromatic nitrogens is 1. The fraction of sp³-hybridized carbons (Fsp3) is 0.800. The van der Waals surface area contributed by atoms with Crippen molar-refractivity contribution in [3.8, 4) is 0 Å². The number of hydrogen-bond acceptors (Lipinski definition) is 4. The van der Waals surface area contributed by atoms with E-state index in [0.717, 1.165) is 24.3 Å². The van der Waals surface area contributed by atoms with Gasteiger partial charge >= 0.3 is 0 Å². The van der Waals surface area contributed by atoms with E-state index in [-0.39, 0.29) is 5.60 Å². The van der Waals surface area contributed by atoms with Gasteiger partial charge in [0.05, 0.1) is 16.3 Å². The molecule has 108 valence electrons. The number of likely N-dealkylation sites (N-methyl/N-ethyl adjacent to an activating group) is 1. The van der Waals surface area contributed by atoms with Gasteiger partial charge in [-0.1, -0.05) is 25.7 Å². The van der Waals surface area contributed by atoms with Crippen LogP contribution >= 0.6 is 11.3 Å². The van der Waals surface area contributed by atoms with Crippen molar-refractivity contribution in [1.29, 1.82) is 0 Å². The molecular weight excluding hydrogens is 256 g/mol. The summed E-state index contributed by atoms with van der Waals surface area (Å²) in [5.41, 5.74) is 1.19. The van der Waals surface area contributed by atoms with E-state index in [0.29, 0.717) is 6.04 Å². The lowest BCUT2D eigenvalue weighted by Crippen LogP contribution is -2.52. The van der Waals surface area contributed by atoms with E-state index in [9.17, 15) is 0 Å². The lowest BCUT2D eigenvalue weighted by molar-refractivity contribution is -0.0511. The van der Waals surface area contributed by atoms with Crippen LogP contribution in [0.2, 0.25) is 0 Å². The summed E-state index contributed by atoms with van der Waals surface area (Å²) in [6.45, 7) is 2.07. The minimum absolute atomic E-state index is 0.0111. The van der Waals surface area contributed by atoms with Gasteiger partial charge in [0, 0.05) is 25.0 Å². The maximum Gasteiger partial charge on any atom is 0.0897 e. The fourth-order valence-electron chi connectivity index (χ4n) is 3.28. The third-order valence-electron chi connectivity index (χ3n) is 4.42. The SMILES string of the molecule is CNC(Cc1csc(C)n1)C1(OC)CCCCCC1. The summed E-state index contributed by atoms with van der Waals surface area (Å²) in [6.07, 6.45) is 8.55. The van der Waals surface area contributed by atoms with E-state index < -0.39 is 0 Å². The highest BCUT2D eigenvalue weighted by Gasteiger charge is 2.38. The zero-order valence-corrected chi connectivity index (χ0v) is 13.2. The predicted octanol–water partition coefficient (Wildman–Crippen LogP) is 3.32. The van der Waals surface area contributed by atoms with Gasteiger partial charge < -0.3 is 10.1 Å². The Bertz CT molecular complexity index is 383. The number of nitrogens with zero attached hydrogens (tertiary/aromatic N) is 1. The first kappa shape index (κ1) is 14.9. The van der Waals surface area contributed by atoms with Crippen LogP contribution in [0.4, 0.5) is 0 Å². The Morgan fingerprint density at radius 3 is 2.53 bits per heavy atom. The lowest BCUT2D eigenvalue weighted by atomic mass is 9.84. The quantitative estimate of drug-likeness (QED) is 0.841. The molecule has 0 aliphatic heterocycles. The summed E-state index contributed by atoms with van der Waals surface area (Å²) < 4.78 is 6.00. The molecule has 2 rings (SSSR count). The van der Waals surface area contributed by atoms with Gasteiger partial charge in [0.15, 0.2) is 0 Å². The van der Waals surface area contributed by atoms with E-state index in [1.807, 2.05) is 7.11 Å². The maximum atomic E-state index is 6.00. The third kappa shape index (κ3) is 3.56. The first-order valence-electron chi connectivity index (χ1n) is 7.33. The zero-order valence-electron chi connectivity index (χ0n) is 12.4. The van der Waals surface area contributed by atoms with Gasteiger partial charge in [-0.15, -0.1) is 11.3 Å². The highest BCUT2D eigenvalue weighted by atomic mass is 32.1. The molecule has 0 radical (unpaired) electrons. The van der Waals surface area contributed by atoms with E-state index in [1.165, 1.54) is 31.4 Å². The van der Waals surface area contributed by atoms with E-state index in [4.69, 9.17) is 4.74 Å². The Kier molecular flexibility index (Phi) is 5.37. The average Bonchev–Trinajstić information content (AvgIpc) is 2.69. The van der Waals surface area contributed by atoms with E-state index in [1.54, 1.807) is 11.3 Å². The standard InChI is InChI=1S/C15H26N2OS/c1-12-17-13(11-19-12)10-14(16-2)15(18-3)8-6-4-5-7-9-15/h11,14,16H,4-10H2,1-3H3. The number of nitrogens with one attached hydrogen (secondary N) is 1. The molecule has 0 spiro atoms. The minimum Gasteiger partial charge on any atom is -0.377 e. The minimum atomic E-state index is -0.0111. The second kappa shape index (κ2) is 6.82. The second-order valence-corrected chi connectivity index (χ2v) is 6.65. The molecule has 0 aromatic carbocycles. The summed E-state index contributed by atoms with van der Waals surface area (Å²) in [7, 11) is 3.93. The highest BCUT2D eigenvalue weighted by molar-refractivity contribution is 7.09. The van der Waals surface area contributed by atoms with Gasteiger partial charge in [-0.25, -0.2) is 4.98 Å². The number of thiazole rings is 1. The molecule has 1 saturated carbocycles. The van der Waals surface area contributed by atoms with Crippen LogP contribution in [0.5, 0.6) is 0 Å². The van der Waals surface area contributed by atoms with Crippen molar-refractivity contribution in [2.45, 2.75) is 63.5 Å². The lowest BCUT2D eigenvalue weighted by Gasteiger charge is -2.39. The molecule has 1 aromatic rings. The molecular formula is C15H26N2OS. The Hall–Kier alpha value is -0.450. The zero-order chi connectivity index (χ0) is 13.7. The van der Waals surface area contributed by atoms with Gasteiger partial charge in [0.2, 0.25) is 0 Å². The molecule has 1 fully saturated rings.